The second-order valence-electron chi connectivity index (χ2n) is 10.7. The Morgan fingerprint density at radius 1 is 1.00 bits per heavy atom. The Hall–Kier alpha value is -3.14. The van der Waals surface area contributed by atoms with Crippen LogP contribution in [0.25, 0.3) is 0 Å². The number of imide groups is 1. The third kappa shape index (κ3) is 4.05. The Bertz CT molecular complexity index is 1250. The lowest BCUT2D eigenvalue weighted by atomic mass is 9.73. The van der Waals surface area contributed by atoms with Gasteiger partial charge in [0, 0.05) is 29.5 Å². The molecule has 7 rings (SSSR count). The number of hydrogen-bond acceptors (Lipinski definition) is 8. The number of benzene rings is 2. The van der Waals surface area contributed by atoms with Crippen LogP contribution in [-0.2, 0) is 39.5 Å². The van der Waals surface area contributed by atoms with E-state index < -0.39 is 6.04 Å². The second kappa shape index (κ2) is 9.01. The number of hydroxylamine groups is 2. The van der Waals surface area contributed by atoms with E-state index in [-0.39, 0.29) is 17.2 Å². The summed E-state index contributed by atoms with van der Waals surface area (Å²) in [5.74, 6) is 2.21. The zero-order valence-corrected chi connectivity index (χ0v) is 20.8. The second-order valence-corrected chi connectivity index (χ2v) is 10.7. The number of amides is 2. The molecule has 1 spiro atoms. The Morgan fingerprint density at radius 3 is 2.73 bits per heavy atom. The number of fused-ring (bicyclic) bond motifs is 4. The van der Waals surface area contributed by atoms with E-state index in [1.165, 1.54) is 16.7 Å². The monoisotopic (exact) mass is 505 g/mol. The van der Waals surface area contributed by atoms with Crippen molar-refractivity contribution in [2.45, 2.75) is 56.8 Å². The molecule has 1 atom stereocenters. The molecular weight excluding hydrogens is 474 g/mol. The van der Waals surface area contributed by atoms with Crippen LogP contribution in [0, 0.1) is 0 Å². The highest BCUT2D eigenvalue weighted by Crippen LogP contribution is 2.48. The van der Waals surface area contributed by atoms with E-state index in [0.717, 1.165) is 55.3 Å². The van der Waals surface area contributed by atoms with E-state index in [0.29, 0.717) is 45.8 Å². The lowest BCUT2D eigenvalue weighted by Gasteiger charge is -2.39. The molecule has 1 N–H and O–H groups in total. The Labute approximate surface area is 215 Å². The van der Waals surface area contributed by atoms with Crippen LogP contribution in [0.3, 0.4) is 0 Å². The van der Waals surface area contributed by atoms with Gasteiger partial charge in [-0.1, -0.05) is 12.1 Å². The van der Waals surface area contributed by atoms with Gasteiger partial charge in [0.1, 0.15) is 25.0 Å². The average molecular weight is 506 g/mol. The van der Waals surface area contributed by atoms with Crippen molar-refractivity contribution in [3.63, 3.8) is 0 Å². The van der Waals surface area contributed by atoms with Gasteiger partial charge in [0.15, 0.2) is 11.5 Å². The van der Waals surface area contributed by atoms with Gasteiger partial charge in [0.2, 0.25) is 11.8 Å². The van der Waals surface area contributed by atoms with Crippen LogP contribution in [-0.4, -0.2) is 60.7 Å². The fraction of sp³-hybridized carbons (Fsp3) is 0.500. The molecule has 9 heteroatoms. The summed E-state index contributed by atoms with van der Waals surface area (Å²) in [5, 5.41) is 4.18. The molecule has 2 aromatic rings. The van der Waals surface area contributed by atoms with E-state index in [9.17, 15) is 9.59 Å². The number of ether oxygens (including phenoxy) is 3. The lowest BCUT2D eigenvalue weighted by Crippen LogP contribution is -2.52. The molecule has 2 fully saturated rings. The minimum atomic E-state index is -0.439. The van der Waals surface area contributed by atoms with Gasteiger partial charge in [-0.05, 0) is 61.7 Å². The van der Waals surface area contributed by atoms with Crippen molar-refractivity contribution in [2.75, 3.05) is 32.9 Å². The third-order valence-corrected chi connectivity index (χ3v) is 8.50. The Balaban J connectivity index is 1.06. The van der Waals surface area contributed by atoms with Gasteiger partial charge in [-0.3, -0.25) is 24.6 Å². The van der Waals surface area contributed by atoms with Gasteiger partial charge in [0.25, 0.3) is 0 Å². The van der Waals surface area contributed by atoms with Crippen molar-refractivity contribution in [3.8, 4) is 17.2 Å². The van der Waals surface area contributed by atoms with Crippen LogP contribution in [0.2, 0.25) is 0 Å². The largest absolute Gasteiger partial charge is 0.492 e. The number of nitrogens with one attached hydrogen (secondary N) is 1. The number of nitrogens with zero attached hydrogens (tertiary/aromatic N) is 2. The number of carbonyl (C=O) groups excluding carboxylic acids is 2. The molecule has 5 aliphatic heterocycles. The summed E-state index contributed by atoms with van der Waals surface area (Å²) in [7, 11) is 0. The molecule has 5 aliphatic rings. The maximum absolute atomic E-state index is 12.4. The molecule has 194 valence electrons. The van der Waals surface area contributed by atoms with E-state index in [1.807, 2.05) is 12.1 Å². The summed E-state index contributed by atoms with van der Waals surface area (Å²) in [6.07, 6.45) is 2.87. The smallest absolute Gasteiger partial charge is 0.246 e. The van der Waals surface area contributed by atoms with Crippen LogP contribution in [0.15, 0.2) is 30.3 Å². The highest BCUT2D eigenvalue weighted by molar-refractivity contribution is 6.00. The molecule has 2 amide bonds. The van der Waals surface area contributed by atoms with Crippen molar-refractivity contribution in [2.24, 2.45) is 0 Å². The first kappa shape index (κ1) is 23.0. The molecule has 0 bridgehead atoms. The van der Waals surface area contributed by atoms with Gasteiger partial charge < -0.3 is 14.2 Å². The molecule has 0 aromatic heterocycles. The first-order valence-corrected chi connectivity index (χ1v) is 13.2. The molecule has 37 heavy (non-hydrogen) atoms. The maximum Gasteiger partial charge on any atom is 0.246 e. The zero-order valence-electron chi connectivity index (χ0n) is 20.8. The first-order chi connectivity index (χ1) is 18.1. The SMILES string of the molecule is O=C1CCC(N2Cc3cc4c(cc3CO2)OCC42CCN(Cc3cccc4c3OCCO4)CC2)C(=O)N1. The molecule has 0 aliphatic carbocycles. The van der Waals surface area contributed by atoms with Gasteiger partial charge in [-0.25, -0.2) is 0 Å². The fourth-order valence-corrected chi connectivity index (χ4v) is 6.35. The molecule has 9 nitrogen and oxygen atoms in total. The van der Waals surface area contributed by atoms with Crippen molar-refractivity contribution in [1.82, 2.24) is 15.3 Å². The number of carbonyl (C=O) groups is 2. The van der Waals surface area contributed by atoms with Gasteiger partial charge in [-0.15, -0.1) is 0 Å². The summed E-state index contributed by atoms with van der Waals surface area (Å²) in [4.78, 5) is 32.4. The quantitative estimate of drug-likeness (QED) is 0.637. The van der Waals surface area contributed by atoms with Crippen molar-refractivity contribution in [1.29, 1.82) is 0 Å². The molecule has 2 aromatic carbocycles. The first-order valence-electron chi connectivity index (χ1n) is 13.2. The minimum absolute atomic E-state index is 0.00829. The van der Waals surface area contributed by atoms with Crippen LogP contribution in [0.4, 0.5) is 0 Å². The van der Waals surface area contributed by atoms with E-state index in [1.54, 1.807) is 5.06 Å². The maximum atomic E-state index is 12.4. The highest BCUT2D eigenvalue weighted by atomic mass is 16.7. The predicted octanol–water partition coefficient (Wildman–Crippen LogP) is 2.44. The summed E-state index contributed by atoms with van der Waals surface area (Å²) < 4.78 is 17.9. The van der Waals surface area contributed by atoms with Crippen LogP contribution < -0.4 is 19.5 Å². The summed E-state index contributed by atoms with van der Waals surface area (Å²) in [6, 6.07) is 10.1. The number of rotatable bonds is 3. The number of para-hydroxylation sites is 1. The van der Waals surface area contributed by atoms with E-state index >= 15 is 0 Å². The molecule has 1 unspecified atom stereocenters. The minimum Gasteiger partial charge on any atom is -0.492 e. The van der Waals surface area contributed by atoms with Crippen molar-refractivity contribution in [3.05, 3.63) is 52.6 Å². The van der Waals surface area contributed by atoms with Gasteiger partial charge in [-0.2, -0.15) is 5.06 Å². The third-order valence-electron chi connectivity index (χ3n) is 8.50. The molecular formula is C28H31N3O6. The van der Waals surface area contributed by atoms with Crippen LogP contribution in [0.5, 0.6) is 17.2 Å². The molecule has 0 saturated carbocycles. The normalized spacial score (nSPS) is 24.8. The van der Waals surface area contributed by atoms with Crippen molar-refractivity contribution < 1.29 is 28.6 Å². The van der Waals surface area contributed by atoms with Crippen LogP contribution >= 0.6 is 0 Å². The molecule has 2 saturated heterocycles. The standard InChI is InChI=1S/C28H31N3O6/c32-25-5-4-22(27(33)29-25)31-15-19-12-21-24(13-20(19)16-37-31)36-17-28(21)6-8-30(9-7-28)14-18-2-1-3-23-26(18)35-11-10-34-23/h1-3,12-13,22H,4-11,14-17H2,(H,29,32,33). The number of piperidine rings is 2. The van der Waals surface area contributed by atoms with Gasteiger partial charge >= 0.3 is 0 Å². The van der Waals surface area contributed by atoms with Crippen LogP contribution in [0.1, 0.15) is 47.9 Å². The summed E-state index contributed by atoms with van der Waals surface area (Å²) >= 11 is 0. The van der Waals surface area contributed by atoms with E-state index in [4.69, 9.17) is 19.0 Å². The average Bonchev–Trinajstić information content (AvgIpc) is 3.25. The molecule has 5 heterocycles. The number of likely N-dealkylation sites (tertiary alicyclic amines) is 1. The lowest BCUT2D eigenvalue weighted by molar-refractivity contribution is -0.216. The van der Waals surface area contributed by atoms with E-state index in [2.05, 4.69) is 28.4 Å². The highest BCUT2D eigenvalue weighted by Gasteiger charge is 2.44. The fourth-order valence-electron chi connectivity index (χ4n) is 6.35. The predicted molar refractivity (Wildman–Crippen MR) is 132 cm³/mol. The van der Waals surface area contributed by atoms with Gasteiger partial charge in [0.05, 0.1) is 19.8 Å². The zero-order chi connectivity index (χ0) is 25.0. The Kier molecular flexibility index (Phi) is 5.60. The topological polar surface area (TPSA) is 89.6 Å². The number of hydrogen-bond donors (Lipinski definition) is 1. The molecule has 0 radical (unpaired) electrons. The Morgan fingerprint density at radius 2 is 1.86 bits per heavy atom. The summed E-state index contributed by atoms with van der Waals surface area (Å²) in [6.45, 7) is 5.63. The summed E-state index contributed by atoms with van der Waals surface area (Å²) in [5.41, 5.74) is 4.75. The van der Waals surface area contributed by atoms with Crippen molar-refractivity contribution >= 4 is 11.8 Å².